The van der Waals surface area contributed by atoms with Gasteiger partial charge in [-0.25, -0.2) is 15.0 Å². The standard InChI is InChI=1S/C29H35N7O2/c30-17-23-16-22(6-11-28(23)38-27-4-2-1-3-5-27)29(32-20-31)34-21-33-24-7-9-25(10-8-24)35-12-14-36(15-13-35)26-18-37-19-26/h6-11,16,20-21,26-27H,1-5,12-15,18-19H2,(H2,31,32,33,34). The summed E-state index contributed by atoms with van der Waals surface area (Å²) in [5, 5.41) is 9.71. The maximum Gasteiger partial charge on any atom is 0.162 e. The molecule has 2 saturated heterocycles. The van der Waals surface area contributed by atoms with Gasteiger partial charge < -0.3 is 20.1 Å². The van der Waals surface area contributed by atoms with Crippen LogP contribution in [-0.4, -0.2) is 75.0 Å². The molecule has 2 aromatic rings. The molecule has 9 nitrogen and oxygen atoms in total. The molecule has 0 bridgehead atoms. The molecule has 0 unspecified atom stereocenters. The lowest BCUT2D eigenvalue weighted by Crippen LogP contribution is -2.56. The molecule has 9 heteroatoms. The number of anilines is 1. The third kappa shape index (κ3) is 6.39. The van der Waals surface area contributed by atoms with Crippen molar-refractivity contribution in [2.75, 3.05) is 44.3 Å². The molecule has 0 aromatic heterocycles. The van der Waals surface area contributed by atoms with Crippen LogP contribution >= 0.6 is 0 Å². The zero-order valence-electron chi connectivity index (χ0n) is 21.7. The molecule has 0 amide bonds. The van der Waals surface area contributed by atoms with Gasteiger partial charge in [0.05, 0.1) is 42.9 Å². The summed E-state index contributed by atoms with van der Waals surface area (Å²) in [6.07, 6.45) is 8.47. The van der Waals surface area contributed by atoms with Gasteiger partial charge in [0.25, 0.3) is 0 Å². The zero-order chi connectivity index (χ0) is 26.2. The Hall–Kier alpha value is -3.74. The number of amidine groups is 1. The third-order valence-corrected chi connectivity index (χ3v) is 7.45. The van der Waals surface area contributed by atoms with Gasteiger partial charge in [0.15, 0.2) is 5.84 Å². The van der Waals surface area contributed by atoms with Crippen LogP contribution in [0, 0.1) is 11.3 Å². The topological polar surface area (TPSA) is 112 Å². The molecule has 38 heavy (non-hydrogen) atoms. The van der Waals surface area contributed by atoms with Crippen LogP contribution in [0.25, 0.3) is 0 Å². The monoisotopic (exact) mass is 513 g/mol. The maximum absolute atomic E-state index is 9.71. The second-order valence-corrected chi connectivity index (χ2v) is 9.91. The first-order chi connectivity index (χ1) is 18.7. The van der Waals surface area contributed by atoms with Crippen molar-refractivity contribution < 1.29 is 9.47 Å². The summed E-state index contributed by atoms with van der Waals surface area (Å²) in [5.74, 6) is 0.981. The van der Waals surface area contributed by atoms with Gasteiger partial charge in [0.2, 0.25) is 0 Å². The molecule has 2 N–H and O–H groups in total. The van der Waals surface area contributed by atoms with E-state index >= 15 is 0 Å². The van der Waals surface area contributed by atoms with Gasteiger partial charge in [-0.2, -0.15) is 5.26 Å². The normalized spacial score (nSPS) is 20.1. The summed E-state index contributed by atoms with van der Waals surface area (Å²) in [7, 11) is 0. The molecule has 2 aromatic carbocycles. The van der Waals surface area contributed by atoms with Crippen LogP contribution in [0.5, 0.6) is 5.75 Å². The Labute approximate surface area is 224 Å². The molecule has 198 valence electrons. The Morgan fingerprint density at radius 2 is 1.79 bits per heavy atom. The van der Waals surface area contributed by atoms with Crippen molar-refractivity contribution in [3.63, 3.8) is 0 Å². The average Bonchev–Trinajstić information content (AvgIpc) is 2.93. The van der Waals surface area contributed by atoms with Crippen LogP contribution in [0.4, 0.5) is 11.4 Å². The summed E-state index contributed by atoms with van der Waals surface area (Å²) < 4.78 is 11.5. The lowest BCUT2D eigenvalue weighted by molar-refractivity contribution is -0.0660. The van der Waals surface area contributed by atoms with Crippen molar-refractivity contribution in [1.29, 1.82) is 5.26 Å². The minimum Gasteiger partial charge on any atom is -0.489 e. The number of benzene rings is 2. The average molecular weight is 514 g/mol. The van der Waals surface area contributed by atoms with E-state index in [1.807, 2.05) is 24.3 Å². The first-order valence-electron chi connectivity index (χ1n) is 13.5. The predicted octanol–water partition coefficient (Wildman–Crippen LogP) is 3.88. The number of nitrogens with two attached hydrogens (primary N) is 1. The minimum atomic E-state index is 0.169. The van der Waals surface area contributed by atoms with Gasteiger partial charge >= 0.3 is 0 Å². The first-order valence-corrected chi connectivity index (χ1v) is 13.5. The summed E-state index contributed by atoms with van der Waals surface area (Å²) in [6, 6.07) is 16.4. The molecular weight excluding hydrogens is 478 g/mol. The van der Waals surface area contributed by atoms with Crippen molar-refractivity contribution >= 4 is 29.9 Å². The fraction of sp³-hybridized carbons (Fsp3) is 0.448. The molecule has 0 spiro atoms. The van der Waals surface area contributed by atoms with Gasteiger partial charge in [-0.05, 0) is 68.1 Å². The van der Waals surface area contributed by atoms with E-state index in [2.05, 4.69) is 43.0 Å². The highest BCUT2D eigenvalue weighted by Gasteiger charge is 2.28. The van der Waals surface area contributed by atoms with E-state index in [0.717, 1.165) is 57.9 Å². The molecule has 1 saturated carbocycles. The van der Waals surface area contributed by atoms with Gasteiger partial charge in [-0.15, -0.1) is 0 Å². The lowest BCUT2D eigenvalue weighted by atomic mass is 9.97. The summed E-state index contributed by atoms with van der Waals surface area (Å²) in [4.78, 5) is 18.0. The van der Waals surface area contributed by atoms with E-state index in [-0.39, 0.29) is 6.10 Å². The molecule has 2 aliphatic heterocycles. The number of aliphatic imine (C=N–C) groups is 3. The van der Waals surface area contributed by atoms with Crippen LogP contribution in [0.3, 0.4) is 0 Å². The molecule has 2 heterocycles. The van der Waals surface area contributed by atoms with Crippen molar-refractivity contribution in [1.82, 2.24) is 4.90 Å². The SMILES string of the molecule is N#Cc1cc(C(N=CN)=NC=Nc2ccc(N3CCN(C4COC4)CC3)cc2)ccc1OC1CCCCC1. The van der Waals surface area contributed by atoms with Crippen LogP contribution < -0.4 is 15.4 Å². The highest BCUT2D eigenvalue weighted by atomic mass is 16.5. The van der Waals surface area contributed by atoms with E-state index in [4.69, 9.17) is 15.2 Å². The Morgan fingerprint density at radius 3 is 2.45 bits per heavy atom. The number of nitriles is 1. The summed E-state index contributed by atoms with van der Waals surface area (Å²) >= 11 is 0. The zero-order valence-corrected chi connectivity index (χ0v) is 21.7. The Balaban J connectivity index is 1.22. The number of piperazine rings is 1. The van der Waals surface area contributed by atoms with Crippen molar-refractivity contribution in [3.8, 4) is 11.8 Å². The first kappa shape index (κ1) is 25.9. The summed E-state index contributed by atoms with van der Waals surface area (Å²) in [5.41, 5.74) is 8.71. The number of hydrogen-bond acceptors (Lipinski definition) is 6. The van der Waals surface area contributed by atoms with Crippen LogP contribution in [0.1, 0.15) is 43.2 Å². The second-order valence-electron chi connectivity index (χ2n) is 9.91. The van der Waals surface area contributed by atoms with E-state index in [0.29, 0.717) is 28.8 Å². The minimum absolute atomic E-state index is 0.169. The van der Waals surface area contributed by atoms with E-state index < -0.39 is 0 Å². The number of hydrogen-bond donors (Lipinski definition) is 1. The Kier molecular flexibility index (Phi) is 8.64. The molecule has 5 rings (SSSR count). The molecule has 0 atom stereocenters. The second kappa shape index (κ2) is 12.7. The fourth-order valence-electron chi connectivity index (χ4n) is 5.15. The van der Waals surface area contributed by atoms with Crippen LogP contribution in [0.15, 0.2) is 57.4 Å². The maximum atomic E-state index is 9.71. The van der Waals surface area contributed by atoms with Gasteiger partial charge in [-0.3, -0.25) is 4.90 Å². The predicted molar refractivity (Wildman–Crippen MR) is 151 cm³/mol. The quantitative estimate of drug-likeness (QED) is 0.444. The van der Waals surface area contributed by atoms with Crippen molar-refractivity contribution in [2.45, 2.75) is 44.2 Å². The van der Waals surface area contributed by atoms with Crippen molar-refractivity contribution in [3.05, 3.63) is 53.6 Å². The Morgan fingerprint density at radius 1 is 1.03 bits per heavy atom. The van der Waals surface area contributed by atoms with Crippen LogP contribution in [-0.2, 0) is 4.74 Å². The molecule has 3 fully saturated rings. The van der Waals surface area contributed by atoms with E-state index in [1.54, 1.807) is 6.07 Å². The molecule has 1 aliphatic carbocycles. The Bertz CT molecular complexity index is 1200. The number of ether oxygens (including phenoxy) is 2. The third-order valence-electron chi connectivity index (χ3n) is 7.45. The smallest absolute Gasteiger partial charge is 0.162 e. The highest BCUT2D eigenvalue weighted by Crippen LogP contribution is 2.27. The summed E-state index contributed by atoms with van der Waals surface area (Å²) in [6.45, 7) is 5.89. The number of rotatable bonds is 7. The highest BCUT2D eigenvalue weighted by molar-refractivity contribution is 6.06. The largest absolute Gasteiger partial charge is 0.489 e. The van der Waals surface area contributed by atoms with E-state index in [9.17, 15) is 5.26 Å². The fourth-order valence-corrected chi connectivity index (χ4v) is 5.15. The van der Waals surface area contributed by atoms with Crippen molar-refractivity contribution in [2.24, 2.45) is 20.7 Å². The van der Waals surface area contributed by atoms with Gasteiger partial charge in [-0.1, -0.05) is 6.42 Å². The molecular formula is C29H35N7O2. The van der Waals surface area contributed by atoms with Crippen LogP contribution in [0.2, 0.25) is 0 Å². The molecule has 0 radical (unpaired) electrons. The van der Waals surface area contributed by atoms with Gasteiger partial charge in [0, 0.05) is 37.4 Å². The lowest BCUT2D eigenvalue weighted by Gasteiger charge is -2.43. The molecule has 3 aliphatic rings. The van der Waals surface area contributed by atoms with E-state index in [1.165, 1.54) is 37.6 Å². The van der Waals surface area contributed by atoms with Gasteiger partial charge in [0.1, 0.15) is 18.2 Å². The number of nitrogens with zero attached hydrogens (tertiary/aromatic N) is 6.